The number of aryl methyl sites for hydroxylation is 1. The lowest BCUT2D eigenvalue weighted by atomic mass is 10.2. The molecular formula is C22H20Cl2N4O4. The highest BCUT2D eigenvalue weighted by Gasteiger charge is 2.22. The fraction of sp³-hybridized carbons (Fsp3) is 0.227. The molecule has 0 atom stereocenters. The molecular weight excluding hydrogens is 455 g/mol. The fourth-order valence-electron chi connectivity index (χ4n) is 3.40. The highest BCUT2D eigenvalue weighted by Crippen LogP contribution is 2.30. The lowest BCUT2D eigenvalue weighted by Gasteiger charge is -2.12. The summed E-state index contributed by atoms with van der Waals surface area (Å²) in [5.74, 6) is 0.368. The van der Waals surface area contributed by atoms with Crippen molar-refractivity contribution in [2.24, 2.45) is 7.05 Å². The van der Waals surface area contributed by atoms with Crippen molar-refractivity contribution >= 4 is 34.4 Å². The van der Waals surface area contributed by atoms with Gasteiger partial charge in [-0.25, -0.2) is 4.79 Å². The SMILES string of the molecule is Cn1c(=O)n(CCCO)c(=O)c2c1nc(Oc1ccccc1Cl)n2Cc1ccc(Cl)cc1. The predicted molar refractivity (Wildman–Crippen MR) is 123 cm³/mol. The molecule has 32 heavy (non-hydrogen) atoms. The highest BCUT2D eigenvalue weighted by molar-refractivity contribution is 6.32. The Labute approximate surface area is 192 Å². The Balaban J connectivity index is 1.95. The number of ether oxygens (including phenoxy) is 1. The van der Waals surface area contributed by atoms with Gasteiger partial charge in [0.2, 0.25) is 0 Å². The van der Waals surface area contributed by atoms with Gasteiger partial charge in [0.25, 0.3) is 5.56 Å². The maximum absolute atomic E-state index is 13.3. The zero-order valence-corrected chi connectivity index (χ0v) is 18.7. The summed E-state index contributed by atoms with van der Waals surface area (Å²) in [6.07, 6.45) is 0.273. The van der Waals surface area contributed by atoms with Crippen LogP contribution in [0.5, 0.6) is 11.8 Å². The molecule has 2 aromatic carbocycles. The number of aliphatic hydroxyl groups is 1. The average Bonchev–Trinajstić information content (AvgIpc) is 3.13. The van der Waals surface area contributed by atoms with Crippen molar-refractivity contribution in [2.75, 3.05) is 6.61 Å². The van der Waals surface area contributed by atoms with Crippen molar-refractivity contribution in [3.05, 3.63) is 85.0 Å². The van der Waals surface area contributed by atoms with Crippen LogP contribution in [0.2, 0.25) is 10.0 Å². The molecule has 0 aliphatic heterocycles. The third-order valence-electron chi connectivity index (χ3n) is 5.03. The van der Waals surface area contributed by atoms with Gasteiger partial charge in [0.05, 0.1) is 11.6 Å². The number of aliphatic hydroxyl groups excluding tert-OH is 1. The molecule has 0 bridgehead atoms. The van der Waals surface area contributed by atoms with Crippen LogP contribution in [0.25, 0.3) is 11.2 Å². The van der Waals surface area contributed by atoms with E-state index in [0.29, 0.717) is 15.8 Å². The van der Waals surface area contributed by atoms with Gasteiger partial charge in [-0.3, -0.25) is 18.5 Å². The Morgan fingerprint density at radius 1 is 1.03 bits per heavy atom. The van der Waals surface area contributed by atoms with Crippen molar-refractivity contribution in [2.45, 2.75) is 19.5 Å². The van der Waals surface area contributed by atoms with E-state index in [-0.39, 0.29) is 43.3 Å². The highest BCUT2D eigenvalue weighted by atomic mass is 35.5. The molecule has 2 heterocycles. The fourth-order valence-corrected chi connectivity index (χ4v) is 3.70. The predicted octanol–water partition coefficient (Wildman–Crippen LogP) is 3.43. The first-order chi connectivity index (χ1) is 15.4. The summed E-state index contributed by atoms with van der Waals surface area (Å²) in [5.41, 5.74) is 0.231. The van der Waals surface area contributed by atoms with E-state index in [4.69, 9.17) is 27.9 Å². The van der Waals surface area contributed by atoms with Crippen LogP contribution >= 0.6 is 23.2 Å². The smallest absolute Gasteiger partial charge is 0.332 e. The molecule has 0 unspecified atom stereocenters. The van der Waals surface area contributed by atoms with Gasteiger partial charge in [-0.1, -0.05) is 47.5 Å². The van der Waals surface area contributed by atoms with Gasteiger partial charge in [-0.15, -0.1) is 0 Å². The molecule has 166 valence electrons. The lowest BCUT2D eigenvalue weighted by Crippen LogP contribution is -2.39. The van der Waals surface area contributed by atoms with Crippen LogP contribution in [0.1, 0.15) is 12.0 Å². The summed E-state index contributed by atoms with van der Waals surface area (Å²) in [7, 11) is 1.54. The van der Waals surface area contributed by atoms with Gasteiger partial charge >= 0.3 is 11.7 Å². The summed E-state index contributed by atoms with van der Waals surface area (Å²) in [4.78, 5) is 30.5. The van der Waals surface area contributed by atoms with E-state index in [1.807, 2.05) is 12.1 Å². The Morgan fingerprint density at radius 3 is 2.44 bits per heavy atom. The van der Waals surface area contributed by atoms with Gasteiger partial charge in [0, 0.05) is 25.2 Å². The summed E-state index contributed by atoms with van der Waals surface area (Å²) >= 11 is 12.3. The molecule has 2 aromatic heterocycles. The second-order valence-electron chi connectivity index (χ2n) is 7.19. The molecule has 0 aliphatic rings. The van der Waals surface area contributed by atoms with E-state index in [2.05, 4.69) is 4.98 Å². The Morgan fingerprint density at radius 2 is 1.75 bits per heavy atom. The second-order valence-corrected chi connectivity index (χ2v) is 8.03. The van der Waals surface area contributed by atoms with Gasteiger partial charge in [-0.05, 0) is 36.2 Å². The number of rotatable bonds is 7. The van der Waals surface area contributed by atoms with Gasteiger partial charge in [0.15, 0.2) is 11.2 Å². The standard InChI is InChI=1S/C22H20Cl2N4O4/c1-26-19-18(20(30)27(22(26)31)11-4-12-29)28(13-14-7-9-15(23)10-8-14)21(25-19)32-17-6-3-2-5-16(17)24/h2-3,5-10,29H,4,11-13H2,1H3. The molecule has 0 fully saturated rings. The van der Waals surface area contributed by atoms with E-state index in [1.54, 1.807) is 48.0 Å². The molecule has 0 spiro atoms. The number of nitrogens with zero attached hydrogens (tertiary/aromatic N) is 4. The van der Waals surface area contributed by atoms with Crippen LogP contribution < -0.4 is 16.0 Å². The number of hydrogen-bond donors (Lipinski definition) is 1. The molecule has 1 N–H and O–H groups in total. The number of benzene rings is 2. The largest absolute Gasteiger partial charge is 0.424 e. The van der Waals surface area contributed by atoms with Crippen molar-refractivity contribution in [3.63, 3.8) is 0 Å². The number of aromatic nitrogens is 4. The van der Waals surface area contributed by atoms with E-state index >= 15 is 0 Å². The summed E-state index contributed by atoms with van der Waals surface area (Å²) < 4.78 is 9.99. The number of para-hydroxylation sites is 1. The van der Waals surface area contributed by atoms with Crippen LogP contribution in [0.15, 0.2) is 58.1 Å². The third-order valence-corrected chi connectivity index (χ3v) is 5.59. The Kier molecular flexibility index (Phi) is 6.36. The van der Waals surface area contributed by atoms with Crippen LogP contribution in [-0.2, 0) is 20.1 Å². The first-order valence-electron chi connectivity index (χ1n) is 9.88. The second kappa shape index (κ2) is 9.20. The molecule has 4 rings (SSSR count). The first kappa shape index (κ1) is 22.1. The van der Waals surface area contributed by atoms with Crippen molar-refractivity contribution in [1.82, 2.24) is 18.7 Å². The van der Waals surface area contributed by atoms with Gasteiger partial charge < -0.3 is 9.84 Å². The van der Waals surface area contributed by atoms with Crippen LogP contribution in [0, 0.1) is 0 Å². The molecule has 0 aliphatic carbocycles. The topological polar surface area (TPSA) is 91.3 Å². The molecule has 0 radical (unpaired) electrons. The summed E-state index contributed by atoms with van der Waals surface area (Å²) in [5, 5.41) is 10.1. The van der Waals surface area contributed by atoms with Gasteiger partial charge in [0.1, 0.15) is 5.75 Å². The molecule has 4 aromatic rings. The first-order valence-corrected chi connectivity index (χ1v) is 10.6. The number of fused-ring (bicyclic) bond motifs is 1. The van der Waals surface area contributed by atoms with Crippen LogP contribution in [-0.4, -0.2) is 30.4 Å². The average molecular weight is 475 g/mol. The van der Waals surface area contributed by atoms with E-state index in [1.165, 1.54) is 4.57 Å². The summed E-state index contributed by atoms with van der Waals surface area (Å²) in [6.45, 7) is 0.199. The zero-order chi connectivity index (χ0) is 22.8. The minimum absolute atomic E-state index is 0.0881. The quantitative estimate of drug-likeness (QED) is 0.442. The van der Waals surface area contributed by atoms with Crippen molar-refractivity contribution in [3.8, 4) is 11.8 Å². The maximum atomic E-state index is 13.3. The minimum Gasteiger partial charge on any atom is -0.424 e. The number of halogens is 2. The van der Waals surface area contributed by atoms with E-state index in [9.17, 15) is 14.7 Å². The number of imidazole rings is 1. The van der Waals surface area contributed by atoms with Crippen LogP contribution in [0.3, 0.4) is 0 Å². The normalized spacial score (nSPS) is 11.2. The zero-order valence-electron chi connectivity index (χ0n) is 17.2. The Bertz CT molecular complexity index is 1390. The van der Waals surface area contributed by atoms with Gasteiger partial charge in [-0.2, -0.15) is 4.98 Å². The third kappa shape index (κ3) is 4.17. The molecule has 10 heteroatoms. The van der Waals surface area contributed by atoms with Crippen molar-refractivity contribution in [1.29, 1.82) is 0 Å². The molecule has 8 nitrogen and oxygen atoms in total. The minimum atomic E-state index is -0.517. The monoisotopic (exact) mass is 474 g/mol. The summed E-state index contributed by atoms with van der Waals surface area (Å²) in [6, 6.07) is 14.2. The molecule has 0 saturated carbocycles. The van der Waals surface area contributed by atoms with E-state index < -0.39 is 11.2 Å². The number of hydrogen-bond acceptors (Lipinski definition) is 5. The molecule has 0 amide bonds. The Hall–Kier alpha value is -3.07. The maximum Gasteiger partial charge on any atom is 0.332 e. The molecule has 0 saturated heterocycles. The van der Waals surface area contributed by atoms with Crippen molar-refractivity contribution < 1.29 is 9.84 Å². The van der Waals surface area contributed by atoms with E-state index in [0.717, 1.165) is 10.1 Å². The lowest BCUT2D eigenvalue weighted by molar-refractivity contribution is 0.277. The van der Waals surface area contributed by atoms with Crippen LogP contribution in [0.4, 0.5) is 0 Å².